The Balaban J connectivity index is 1.99. The van der Waals surface area contributed by atoms with Crippen LogP contribution in [0.4, 0.5) is 0 Å². The molecule has 0 unspecified atom stereocenters. The van der Waals surface area contributed by atoms with Gasteiger partial charge in [-0.2, -0.15) is 0 Å². The number of aliphatic hydroxyl groups excluding tert-OH is 2. The van der Waals surface area contributed by atoms with E-state index >= 15 is 0 Å². The average molecular weight is 356 g/mol. The van der Waals surface area contributed by atoms with Crippen molar-refractivity contribution >= 4 is 11.9 Å². The van der Waals surface area contributed by atoms with Crippen molar-refractivity contribution in [3.05, 3.63) is 71.5 Å². The predicted molar refractivity (Wildman–Crippen MR) is 97.1 cm³/mol. The van der Waals surface area contributed by atoms with Crippen molar-refractivity contribution in [3.63, 3.8) is 0 Å². The first-order chi connectivity index (χ1) is 12.4. The summed E-state index contributed by atoms with van der Waals surface area (Å²) in [7, 11) is 1.43. The van der Waals surface area contributed by atoms with E-state index < -0.39 is 11.9 Å². The van der Waals surface area contributed by atoms with E-state index in [4.69, 9.17) is 4.74 Å². The fraction of sp³-hybridized carbons (Fsp3) is 0.150. The summed E-state index contributed by atoms with van der Waals surface area (Å²) < 4.78 is 4.99. The highest BCUT2D eigenvalue weighted by Gasteiger charge is 2.12. The van der Waals surface area contributed by atoms with Crippen LogP contribution >= 0.6 is 0 Å². The number of ether oxygens (including phenoxy) is 1. The molecule has 136 valence electrons. The van der Waals surface area contributed by atoms with Crippen LogP contribution < -0.4 is 4.74 Å². The fourth-order valence-corrected chi connectivity index (χ4v) is 2.26. The molecule has 0 amide bonds. The van der Waals surface area contributed by atoms with Gasteiger partial charge >= 0.3 is 0 Å². The molecule has 0 spiro atoms. The third-order valence-electron chi connectivity index (χ3n) is 3.63. The number of hydrogen-bond acceptors (Lipinski definition) is 6. The molecule has 0 bridgehead atoms. The van der Waals surface area contributed by atoms with Gasteiger partial charge < -0.3 is 25.2 Å². The number of benzene rings is 2. The van der Waals surface area contributed by atoms with Crippen molar-refractivity contribution in [2.45, 2.75) is 12.5 Å². The van der Waals surface area contributed by atoms with Crippen LogP contribution in [0.1, 0.15) is 23.7 Å². The molecule has 6 heteroatoms. The molecule has 4 N–H and O–H groups in total. The minimum atomic E-state index is -1.03. The number of carbonyl (C=O) groups excluding carboxylic acids is 1. The summed E-state index contributed by atoms with van der Waals surface area (Å²) in [5.74, 6) is -0.344. The number of ketones is 1. The van der Waals surface area contributed by atoms with E-state index in [1.807, 2.05) is 0 Å². The van der Waals surface area contributed by atoms with Crippen molar-refractivity contribution in [2.75, 3.05) is 7.11 Å². The summed E-state index contributed by atoms with van der Waals surface area (Å²) in [6.07, 6.45) is 2.68. The summed E-state index contributed by atoms with van der Waals surface area (Å²) in [6.45, 7) is 0. The summed E-state index contributed by atoms with van der Waals surface area (Å²) in [4.78, 5) is 11.9. The van der Waals surface area contributed by atoms with E-state index in [0.29, 0.717) is 16.9 Å². The molecular weight excluding hydrogens is 336 g/mol. The Morgan fingerprint density at radius 1 is 1.15 bits per heavy atom. The van der Waals surface area contributed by atoms with Crippen LogP contribution in [0.15, 0.2) is 60.4 Å². The van der Waals surface area contributed by atoms with Gasteiger partial charge in [-0.05, 0) is 41.5 Å². The molecule has 1 atom stereocenters. The third-order valence-corrected chi connectivity index (χ3v) is 3.63. The van der Waals surface area contributed by atoms with Crippen molar-refractivity contribution in [3.8, 4) is 17.2 Å². The van der Waals surface area contributed by atoms with Gasteiger partial charge in [0.1, 0.15) is 11.5 Å². The molecule has 6 nitrogen and oxygen atoms in total. The first-order valence-corrected chi connectivity index (χ1v) is 7.84. The molecule has 0 aliphatic heterocycles. The SMILES string of the molecule is COc1cc(C=CC(O)=CC(=O)C[C@H](O)c2ccc(O)cc2)ccc1O. The van der Waals surface area contributed by atoms with Crippen molar-refractivity contribution < 1.29 is 30.0 Å². The zero-order chi connectivity index (χ0) is 19.1. The summed E-state index contributed by atoms with van der Waals surface area (Å²) in [5, 5.41) is 38.6. The maximum atomic E-state index is 11.9. The first kappa shape index (κ1) is 19.1. The van der Waals surface area contributed by atoms with Crippen LogP contribution in [-0.4, -0.2) is 33.3 Å². The smallest absolute Gasteiger partial charge is 0.162 e. The highest BCUT2D eigenvalue weighted by atomic mass is 16.5. The molecule has 0 heterocycles. The van der Waals surface area contributed by atoms with Gasteiger partial charge in [0.2, 0.25) is 0 Å². The van der Waals surface area contributed by atoms with Crippen LogP contribution in [0.25, 0.3) is 6.08 Å². The number of allylic oxidation sites excluding steroid dienone is 2. The molecule has 2 rings (SSSR count). The number of carbonyl (C=O) groups is 1. The van der Waals surface area contributed by atoms with Crippen LogP contribution in [0.3, 0.4) is 0 Å². The Kier molecular flexibility index (Phi) is 6.41. The minimum absolute atomic E-state index is 0.00260. The standard InChI is InChI=1S/C20H20O6/c1-26-20-10-13(3-9-18(20)24)2-6-16(22)11-17(23)12-19(25)14-4-7-15(21)8-5-14/h2-11,19,21-22,24-25H,12H2,1H3/t19-/m0/s1. The van der Waals surface area contributed by atoms with Crippen LogP contribution in [0, 0.1) is 0 Å². The van der Waals surface area contributed by atoms with Crippen LogP contribution in [0.5, 0.6) is 17.2 Å². The summed E-state index contributed by atoms with van der Waals surface area (Å²) >= 11 is 0. The zero-order valence-electron chi connectivity index (χ0n) is 14.2. The zero-order valence-corrected chi connectivity index (χ0v) is 14.2. The molecule has 0 aromatic heterocycles. The Morgan fingerprint density at radius 3 is 2.50 bits per heavy atom. The minimum Gasteiger partial charge on any atom is -0.508 e. The third kappa shape index (κ3) is 5.39. The Bertz CT molecular complexity index is 821. The van der Waals surface area contributed by atoms with Gasteiger partial charge in [-0.25, -0.2) is 0 Å². The van der Waals surface area contributed by atoms with E-state index in [2.05, 4.69) is 0 Å². The molecule has 0 fully saturated rings. The van der Waals surface area contributed by atoms with Gasteiger partial charge in [0, 0.05) is 12.5 Å². The lowest BCUT2D eigenvalue weighted by Crippen LogP contribution is -2.04. The number of hydrogen-bond donors (Lipinski definition) is 4. The second-order valence-corrected chi connectivity index (χ2v) is 5.61. The van der Waals surface area contributed by atoms with Gasteiger partial charge in [-0.3, -0.25) is 4.79 Å². The van der Waals surface area contributed by atoms with Crippen LogP contribution in [-0.2, 0) is 4.79 Å². The molecule has 2 aromatic carbocycles. The first-order valence-electron chi connectivity index (χ1n) is 7.84. The lowest BCUT2D eigenvalue weighted by atomic mass is 10.0. The molecular formula is C20H20O6. The largest absolute Gasteiger partial charge is 0.508 e. The second-order valence-electron chi connectivity index (χ2n) is 5.61. The van der Waals surface area contributed by atoms with E-state index in [1.54, 1.807) is 18.2 Å². The monoisotopic (exact) mass is 356 g/mol. The highest BCUT2D eigenvalue weighted by molar-refractivity contribution is 5.91. The highest BCUT2D eigenvalue weighted by Crippen LogP contribution is 2.27. The van der Waals surface area contributed by atoms with Crippen molar-refractivity contribution in [1.29, 1.82) is 0 Å². The molecule has 2 aromatic rings. The number of aliphatic hydroxyl groups is 2. The van der Waals surface area contributed by atoms with E-state index in [1.165, 1.54) is 43.5 Å². The van der Waals surface area contributed by atoms with Crippen LogP contribution in [0.2, 0.25) is 0 Å². The molecule has 26 heavy (non-hydrogen) atoms. The van der Waals surface area contributed by atoms with Gasteiger partial charge in [-0.1, -0.05) is 24.3 Å². The van der Waals surface area contributed by atoms with E-state index in [9.17, 15) is 25.2 Å². The number of rotatable bonds is 7. The summed E-state index contributed by atoms with van der Waals surface area (Å²) in [6, 6.07) is 10.5. The Morgan fingerprint density at radius 2 is 1.85 bits per heavy atom. The number of methoxy groups -OCH3 is 1. The predicted octanol–water partition coefficient (Wildman–Crippen LogP) is 3.25. The lowest BCUT2D eigenvalue weighted by molar-refractivity contribution is -0.116. The van der Waals surface area contributed by atoms with E-state index in [-0.39, 0.29) is 23.7 Å². The van der Waals surface area contributed by atoms with E-state index in [0.717, 1.165) is 6.08 Å². The quantitative estimate of drug-likeness (QED) is 0.345. The van der Waals surface area contributed by atoms with Gasteiger partial charge in [-0.15, -0.1) is 0 Å². The second kappa shape index (κ2) is 8.73. The van der Waals surface area contributed by atoms with Gasteiger partial charge in [0.15, 0.2) is 17.3 Å². The lowest BCUT2D eigenvalue weighted by Gasteiger charge is -2.08. The average Bonchev–Trinajstić information content (AvgIpc) is 2.61. The van der Waals surface area contributed by atoms with Gasteiger partial charge in [0.25, 0.3) is 0 Å². The molecule has 0 saturated heterocycles. The topological polar surface area (TPSA) is 107 Å². The molecule has 0 aliphatic rings. The maximum Gasteiger partial charge on any atom is 0.162 e. The summed E-state index contributed by atoms with van der Waals surface area (Å²) in [5.41, 5.74) is 1.16. The van der Waals surface area contributed by atoms with Crippen molar-refractivity contribution in [1.82, 2.24) is 0 Å². The number of phenolic OH excluding ortho intramolecular Hbond substituents is 2. The normalized spacial score (nSPS) is 12.9. The number of phenols is 2. The van der Waals surface area contributed by atoms with Crippen molar-refractivity contribution in [2.24, 2.45) is 0 Å². The molecule has 0 radical (unpaired) electrons. The fourth-order valence-electron chi connectivity index (χ4n) is 2.26. The molecule has 0 aliphatic carbocycles. The molecule has 0 saturated carbocycles. The maximum absolute atomic E-state index is 11.9. The van der Waals surface area contributed by atoms with Gasteiger partial charge in [0.05, 0.1) is 13.2 Å². The Labute approximate surface area is 150 Å². The number of aromatic hydroxyl groups is 2. The Hall–Kier alpha value is -3.25.